The topological polar surface area (TPSA) is 926 Å². The molecular weight excluding hydrogens is 1870 g/mol. The lowest BCUT2D eigenvalue weighted by atomic mass is 9.97. The first-order valence-electron chi connectivity index (χ1n) is 43.4. The molecule has 0 aromatic rings. The second-order valence-corrected chi connectivity index (χ2v) is 32.6. The molecule has 10 aliphatic rings. The van der Waals surface area contributed by atoms with E-state index in [1.807, 2.05) is 0 Å². The van der Waals surface area contributed by atoms with Crippen molar-refractivity contribution in [2.24, 2.45) is 5.11 Å². The highest BCUT2D eigenvalue weighted by molar-refractivity contribution is 5.72. The largest absolute Gasteiger partial charge is 0.463 e. The molecule has 58 heteroatoms. The Morgan fingerprint density at radius 2 is 0.423 bits per heavy atom. The number of ether oxygens (including phenoxy) is 20. The number of aliphatic hydroxyl groups excluding tert-OH is 30. The fourth-order valence-corrected chi connectivity index (χ4v) is 14.6. The van der Waals surface area contributed by atoms with E-state index >= 15 is 0 Å². The van der Waals surface area contributed by atoms with Gasteiger partial charge in [-0.25, -0.2) is 0 Å². The molecule has 10 rings (SSSR count). The van der Waals surface area contributed by atoms with Crippen LogP contribution in [0.4, 0.5) is 0 Å². The highest BCUT2D eigenvalue weighted by Gasteiger charge is 2.57. The van der Waals surface area contributed by atoms with E-state index in [0.717, 1.165) is 13.8 Å². The van der Waals surface area contributed by atoms with Crippen LogP contribution in [-0.2, 0) is 119 Å². The Hall–Kier alpha value is -5.58. The van der Waals surface area contributed by atoms with Crippen molar-refractivity contribution in [2.45, 2.75) is 415 Å². The van der Waals surface area contributed by atoms with Gasteiger partial charge in [-0.15, -0.1) is 6.42 Å². The normalized spacial score (nSPS) is 44.7. The van der Waals surface area contributed by atoms with Gasteiger partial charge in [0.25, 0.3) is 0 Å². The summed E-state index contributed by atoms with van der Waals surface area (Å²) in [7, 11) is 0. The van der Waals surface area contributed by atoms with E-state index in [2.05, 4.69) is 15.9 Å². The van der Waals surface area contributed by atoms with Gasteiger partial charge in [-0.3, -0.25) is 24.0 Å². The molecule has 58 nitrogen and oxygen atoms in total. The zero-order chi connectivity index (χ0) is 102. The van der Waals surface area contributed by atoms with Gasteiger partial charge in [-0.1, -0.05) is 60.0 Å². The highest BCUT2D eigenvalue weighted by Crippen LogP contribution is 2.37. The lowest BCUT2D eigenvalue weighted by Crippen LogP contribution is -2.63. The summed E-state index contributed by atoms with van der Waals surface area (Å²) in [6, 6.07) is 0. The number of hydrogen-bond acceptors (Lipinski definition) is 56. The second kappa shape index (κ2) is 57.2. The summed E-state index contributed by atoms with van der Waals surface area (Å²) in [6.07, 6.45) is -67.0. The Balaban J connectivity index is 0.000000302. The third-order valence-corrected chi connectivity index (χ3v) is 23.0. The lowest BCUT2D eigenvalue weighted by molar-refractivity contribution is -0.375. The predicted molar refractivity (Wildman–Crippen MR) is 434 cm³/mol. The van der Waals surface area contributed by atoms with Crippen LogP contribution in [0.1, 0.15) is 108 Å². The Kier molecular flexibility index (Phi) is 50.9. The molecule has 0 amide bonds. The first-order valence-corrected chi connectivity index (χ1v) is 43.4. The van der Waals surface area contributed by atoms with E-state index in [1.54, 1.807) is 41.5 Å². The number of aliphatic hydroxyl groups is 30. The van der Waals surface area contributed by atoms with Crippen molar-refractivity contribution >= 4 is 29.8 Å². The molecule has 0 aliphatic carbocycles. The molecular formula is C79H135N3O55. The molecule has 0 aromatic heterocycles. The maximum atomic E-state index is 11.4. The number of terminal acetylenes is 1. The molecule has 20 unspecified atom stereocenters. The number of carbonyl (C=O) groups excluding carboxylic acids is 5. The molecule has 0 radical (unpaired) electrons. The van der Waals surface area contributed by atoms with Crippen LogP contribution in [0.2, 0.25) is 0 Å². The van der Waals surface area contributed by atoms with Crippen molar-refractivity contribution in [1.29, 1.82) is 0 Å². The van der Waals surface area contributed by atoms with Crippen LogP contribution in [-0.4, -0.2) is 530 Å². The van der Waals surface area contributed by atoms with Gasteiger partial charge in [0.2, 0.25) is 0 Å². The monoisotopic (exact) mass is 2010 g/mol. The average molecular weight is 2010 g/mol. The number of nitrogens with zero attached hydrogens (tertiary/aromatic N) is 3. The number of hydrogen-bond donors (Lipinski definition) is 30. The Morgan fingerprint density at radius 3 is 0.584 bits per heavy atom. The first kappa shape index (κ1) is 122. The maximum Gasteiger partial charge on any atom is 0.318 e. The summed E-state index contributed by atoms with van der Waals surface area (Å²) < 4.78 is 104. The zero-order valence-electron chi connectivity index (χ0n) is 74.6. The molecule has 50 atom stereocenters. The molecule has 0 spiro atoms. The molecule has 10 fully saturated rings. The smallest absolute Gasteiger partial charge is 0.318 e. The number of azide groups is 1. The van der Waals surface area contributed by atoms with E-state index in [-0.39, 0.29) is 33.3 Å². The second-order valence-electron chi connectivity index (χ2n) is 32.6. The summed E-state index contributed by atoms with van der Waals surface area (Å²) in [5.74, 6) is -1.38. The Morgan fingerprint density at radius 1 is 0.263 bits per heavy atom. The van der Waals surface area contributed by atoms with Gasteiger partial charge in [0.1, 0.15) is 260 Å². The average Bonchev–Trinajstić information content (AvgIpc) is 0.802. The van der Waals surface area contributed by atoms with E-state index in [9.17, 15) is 177 Å². The van der Waals surface area contributed by atoms with Gasteiger partial charge >= 0.3 is 29.8 Å². The van der Waals surface area contributed by atoms with Crippen LogP contribution in [0.25, 0.3) is 10.4 Å². The Bertz CT molecular complexity index is 3570. The van der Waals surface area contributed by atoms with Gasteiger partial charge in [0, 0.05) is 25.2 Å². The van der Waals surface area contributed by atoms with Crippen molar-refractivity contribution in [3.05, 3.63) is 10.4 Å². The molecule has 0 bridgehead atoms. The molecule has 30 N–H and O–H groups in total. The molecule has 10 heterocycles. The minimum Gasteiger partial charge on any atom is -0.463 e. The quantitative estimate of drug-likeness (QED) is 0.00826. The summed E-state index contributed by atoms with van der Waals surface area (Å²) in [6.45, 7) is 9.51. The van der Waals surface area contributed by atoms with E-state index < -0.39 is 370 Å². The molecule has 137 heavy (non-hydrogen) atoms. The summed E-state index contributed by atoms with van der Waals surface area (Å²) in [4.78, 5) is 58.3. The van der Waals surface area contributed by atoms with Crippen molar-refractivity contribution < 1.29 is 272 Å². The van der Waals surface area contributed by atoms with E-state index in [1.165, 1.54) is 0 Å². The molecule has 0 aromatic carbocycles. The van der Waals surface area contributed by atoms with Crippen LogP contribution < -0.4 is 0 Å². The lowest BCUT2D eigenvalue weighted by Gasteiger charge is -2.44. The number of rotatable bonds is 29. The van der Waals surface area contributed by atoms with Crippen LogP contribution in [0.5, 0.6) is 0 Å². The first-order chi connectivity index (χ1) is 63.9. The molecule has 10 aliphatic heterocycles. The van der Waals surface area contributed by atoms with Gasteiger partial charge < -0.3 is 248 Å². The summed E-state index contributed by atoms with van der Waals surface area (Å²) >= 11 is 0. The van der Waals surface area contributed by atoms with Crippen LogP contribution in [0, 0.1) is 12.3 Å². The third kappa shape index (κ3) is 32.2. The third-order valence-electron chi connectivity index (χ3n) is 23.0. The molecule has 796 valence electrons. The van der Waals surface area contributed by atoms with Crippen molar-refractivity contribution in [3.8, 4) is 12.3 Å². The SMILES string of the molecule is C.C#CCC(=O)OCC1O[C@H](O[C@H]2OC(CC)[C@@H](O)C(O)[C@H]2O)C(O)[C@@H](O)[C@@H]1O.CCC(=O)OCC1O[C@H](O[C@H]2OC(CC)[C@@H](O)C(O)[C@H]2O)C(O)[C@@H](O)[C@@H]1O.CCC1O[C@H](O[C@H]2OC(COC(=O)CN=[N+]=[N-])[C@@H](O)[C@H](O)C2O)[C@H](O)C(O)[C@@H]1O.CCC1O[C@H](O[C@H]2OC(COC(C)=O)[C@@H](O)[C@H](O)C2O)[C@H](O)C(O)[C@@H]1O.CCC1O[C@H](O[C@H]2OC(COC(C)=O)[C@@H](O)[C@H](O)C2O)[C@H](O)C(O)[C@@H]1O. The van der Waals surface area contributed by atoms with Crippen LogP contribution in [0.3, 0.4) is 0 Å². The van der Waals surface area contributed by atoms with Crippen molar-refractivity contribution in [1.82, 2.24) is 0 Å². The van der Waals surface area contributed by atoms with Crippen molar-refractivity contribution in [2.75, 3.05) is 39.6 Å². The fraction of sp³-hybridized carbons (Fsp3) is 0.911. The Labute approximate surface area is 781 Å². The summed E-state index contributed by atoms with van der Waals surface area (Å²) in [5, 5.41) is 302. The van der Waals surface area contributed by atoms with E-state index in [0.29, 0.717) is 25.7 Å². The number of esters is 5. The minimum absolute atomic E-state index is 0. The van der Waals surface area contributed by atoms with Gasteiger partial charge in [-0.2, -0.15) is 0 Å². The van der Waals surface area contributed by atoms with Crippen LogP contribution in [0.15, 0.2) is 5.11 Å². The fourth-order valence-electron chi connectivity index (χ4n) is 14.6. The summed E-state index contributed by atoms with van der Waals surface area (Å²) in [5.41, 5.74) is 8.16. The van der Waals surface area contributed by atoms with Crippen LogP contribution >= 0.6 is 0 Å². The van der Waals surface area contributed by atoms with Gasteiger partial charge in [-0.05, 0) is 37.6 Å². The molecule has 0 saturated carbocycles. The highest BCUT2D eigenvalue weighted by atomic mass is 16.8. The van der Waals surface area contributed by atoms with Gasteiger partial charge in [0.05, 0.1) is 30.5 Å². The van der Waals surface area contributed by atoms with E-state index in [4.69, 9.17) is 107 Å². The maximum absolute atomic E-state index is 11.4. The van der Waals surface area contributed by atoms with Gasteiger partial charge in [0.15, 0.2) is 62.9 Å². The van der Waals surface area contributed by atoms with Crippen molar-refractivity contribution in [3.63, 3.8) is 0 Å². The number of carbonyl (C=O) groups is 5. The zero-order valence-corrected chi connectivity index (χ0v) is 74.6. The standard InChI is InChI=1S/C17H26O11.C16H28O11.C15H25N3O11.2C15H26O11.CH4/c1-3-5-9(18)25-6-8-11(20)13(22)15(24)17(27-8)28-16-14(23)12(21)10(19)7(4-2)26-16;1-3-6-9(18)11(20)13(22)15(25-6)27-16-14(23)12(21)10(19)7(26-16)5-24-8(17)4-2;1-2-5-8(20)10(22)12(24)14(27-5)29-15-13(25)11(23)9(21)6(28-15)4-26-7(19)3-17-18-16;2*1-3-6-8(17)10(19)12(21)14(24-6)26-15-13(22)11(20)9(18)7(25-15)4-23-5(2)16;/h1,7-8,10-17,19-24H,4-6H2,2H3;6-7,9-16,18-23H,3-5H2,1-2H3;5-6,8-15,20-25H,2-4H2,1H3;2*6-15,17-22H,3-4H2,1-2H3;1H4/t7?,8?,10-,11-,12?,13+,14-,15?,16-,17-;6?,7?,9-,10-,11?,12+,13-,14?,15-,16-;5?,6?,8-,9-,10?,11+,12-,13?,14-,15-;2*6?,7?,8-,9-,10?,11+,12-,13?,14-,15-;/m11111./s1. The predicted octanol–water partition coefficient (Wildman–Crippen LogP) is -15.7. The molecule has 10 saturated heterocycles. The minimum atomic E-state index is -1.76.